The molecule has 3 heterocycles. The molecule has 110 valence electrons. The van der Waals surface area contributed by atoms with Crippen LogP contribution in [-0.2, 0) is 11.2 Å². The molecule has 2 aliphatic rings. The van der Waals surface area contributed by atoms with Crippen LogP contribution in [0, 0.1) is 5.41 Å². The maximum Gasteiger partial charge on any atom is 0.343 e. The molecule has 1 spiro atoms. The van der Waals surface area contributed by atoms with Crippen molar-refractivity contribution in [3.05, 3.63) is 23.7 Å². The summed E-state index contributed by atoms with van der Waals surface area (Å²) in [6, 6.07) is 0. The second-order valence-electron chi connectivity index (χ2n) is 5.92. The van der Waals surface area contributed by atoms with E-state index in [9.17, 15) is 4.79 Å². The molecular weight excluding hydrogens is 270 g/mol. The summed E-state index contributed by atoms with van der Waals surface area (Å²) in [4.78, 5) is 16.6. The van der Waals surface area contributed by atoms with Crippen LogP contribution < -0.4 is 4.74 Å². The molecule has 0 atom stereocenters. The number of rotatable bonds is 2. The third-order valence-corrected chi connectivity index (χ3v) is 4.52. The van der Waals surface area contributed by atoms with Crippen LogP contribution in [0.15, 0.2) is 12.4 Å². The summed E-state index contributed by atoms with van der Waals surface area (Å²) >= 11 is 0. The highest BCUT2D eigenvalue weighted by molar-refractivity contribution is 5.95. The Morgan fingerprint density at radius 1 is 1.52 bits per heavy atom. The van der Waals surface area contributed by atoms with Gasteiger partial charge in [0, 0.05) is 11.8 Å². The Labute approximate surface area is 122 Å². The van der Waals surface area contributed by atoms with Gasteiger partial charge < -0.3 is 9.47 Å². The van der Waals surface area contributed by atoms with Gasteiger partial charge in [-0.25, -0.2) is 14.3 Å². The molecule has 4 rings (SSSR count). The third kappa shape index (κ3) is 1.89. The highest BCUT2D eigenvalue weighted by Crippen LogP contribution is 2.47. The quantitative estimate of drug-likeness (QED) is 0.790. The van der Waals surface area contributed by atoms with Gasteiger partial charge in [0.1, 0.15) is 5.56 Å². The van der Waals surface area contributed by atoms with Crippen molar-refractivity contribution in [3.63, 3.8) is 0 Å². The predicted octanol–water partition coefficient (Wildman–Crippen LogP) is 2.01. The van der Waals surface area contributed by atoms with Crippen LogP contribution in [0.25, 0.3) is 5.65 Å². The van der Waals surface area contributed by atoms with Crippen LogP contribution in [0.4, 0.5) is 0 Å². The number of esters is 1. The van der Waals surface area contributed by atoms with E-state index in [1.165, 1.54) is 25.5 Å². The average molecular weight is 287 g/mol. The lowest BCUT2D eigenvalue weighted by molar-refractivity contribution is 0.0387. The van der Waals surface area contributed by atoms with E-state index in [0.29, 0.717) is 17.8 Å². The molecule has 0 radical (unpaired) electrons. The Kier molecular flexibility index (Phi) is 2.67. The molecule has 0 amide bonds. The second-order valence-corrected chi connectivity index (χ2v) is 5.92. The lowest BCUT2D eigenvalue weighted by Gasteiger charge is -2.44. The second kappa shape index (κ2) is 4.44. The van der Waals surface area contributed by atoms with Crippen molar-refractivity contribution in [2.24, 2.45) is 5.41 Å². The van der Waals surface area contributed by atoms with Crippen molar-refractivity contribution in [1.82, 2.24) is 14.6 Å². The zero-order valence-corrected chi connectivity index (χ0v) is 12.0. The normalized spacial score (nSPS) is 18.9. The van der Waals surface area contributed by atoms with Gasteiger partial charge in [-0.3, -0.25) is 0 Å². The van der Waals surface area contributed by atoms with E-state index in [-0.39, 0.29) is 11.4 Å². The zero-order chi connectivity index (χ0) is 14.4. The number of fused-ring (bicyclic) bond motifs is 2. The molecule has 0 unspecified atom stereocenters. The van der Waals surface area contributed by atoms with E-state index in [2.05, 4.69) is 10.1 Å². The lowest BCUT2D eigenvalue weighted by Crippen LogP contribution is -2.41. The molecule has 0 bridgehead atoms. The maximum atomic E-state index is 11.9. The van der Waals surface area contributed by atoms with Crippen LogP contribution in [0.2, 0.25) is 0 Å². The van der Waals surface area contributed by atoms with Crippen molar-refractivity contribution >= 4 is 11.6 Å². The highest BCUT2D eigenvalue weighted by Gasteiger charge is 2.42. The topological polar surface area (TPSA) is 65.7 Å². The highest BCUT2D eigenvalue weighted by atomic mass is 16.5. The standard InChI is InChI=1S/C15H17N3O3/c1-2-20-14(19)10-7-16-18-8-12-11(17-13(10)18)6-15(9-21-12)4-3-5-15/h7-8H,2-6,9H2,1H3. The first-order valence-electron chi connectivity index (χ1n) is 7.38. The number of aromatic nitrogens is 3. The Morgan fingerprint density at radius 3 is 3.10 bits per heavy atom. The molecule has 0 N–H and O–H groups in total. The van der Waals surface area contributed by atoms with Gasteiger partial charge in [0.05, 0.1) is 31.3 Å². The van der Waals surface area contributed by atoms with Crippen molar-refractivity contribution in [3.8, 4) is 5.75 Å². The van der Waals surface area contributed by atoms with Gasteiger partial charge in [-0.1, -0.05) is 6.42 Å². The molecule has 21 heavy (non-hydrogen) atoms. The summed E-state index contributed by atoms with van der Waals surface area (Å²) < 4.78 is 12.5. The Hall–Kier alpha value is -2.11. The van der Waals surface area contributed by atoms with Crippen molar-refractivity contribution in [2.45, 2.75) is 32.6 Å². The van der Waals surface area contributed by atoms with E-state index in [0.717, 1.165) is 24.5 Å². The van der Waals surface area contributed by atoms with E-state index >= 15 is 0 Å². The Morgan fingerprint density at radius 2 is 2.38 bits per heavy atom. The van der Waals surface area contributed by atoms with Crippen LogP contribution in [0.1, 0.15) is 42.2 Å². The van der Waals surface area contributed by atoms with Crippen LogP contribution in [0.3, 0.4) is 0 Å². The molecule has 0 aromatic carbocycles. The molecule has 2 aromatic heterocycles. The maximum absolute atomic E-state index is 11.9. The summed E-state index contributed by atoms with van der Waals surface area (Å²) in [6.45, 7) is 2.89. The molecule has 6 nitrogen and oxygen atoms in total. The van der Waals surface area contributed by atoms with E-state index in [1.807, 2.05) is 6.20 Å². The van der Waals surface area contributed by atoms with Crippen molar-refractivity contribution in [2.75, 3.05) is 13.2 Å². The van der Waals surface area contributed by atoms with Gasteiger partial charge in [0.25, 0.3) is 0 Å². The Balaban J connectivity index is 1.76. The number of hydrogen-bond donors (Lipinski definition) is 0. The number of carbonyl (C=O) groups excluding carboxylic acids is 1. The molecule has 6 heteroatoms. The lowest BCUT2D eigenvalue weighted by atomic mass is 9.66. The molecule has 0 saturated heterocycles. The van der Waals surface area contributed by atoms with Crippen molar-refractivity contribution < 1.29 is 14.3 Å². The summed E-state index contributed by atoms with van der Waals surface area (Å²) in [7, 11) is 0. The average Bonchev–Trinajstić information content (AvgIpc) is 2.85. The molecule has 1 aliphatic carbocycles. The Bertz CT molecular complexity index is 718. The summed E-state index contributed by atoms with van der Waals surface area (Å²) in [5.41, 5.74) is 2.15. The smallest absolute Gasteiger partial charge is 0.343 e. The van der Waals surface area contributed by atoms with Crippen LogP contribution >= 0.6 is 0 Å². The molecule has 2 aromatic rings. The molecule has 1 aliphatic heterocycles. The first kappa shape index (κ1) is 12.6. The first-order valence-corrected chi connectivity index (χ1v) is 7.38. The number of ether oxygens (including phenoxy) is 2. The van der Waals surface area contributed by atoms with E-state index in [1.54, 1.807) is 11.4 Å². The molecule has 1 saturated carbocycles. The largest absolute Gasteiger partial charge is 0.489 e. The van der Waals surface area contributed by atoms with Crippen LogP contribution in [-0.4, -0.2) is 33.8 Å². The number of nitrogens with zero attached hydrogens (tertiary/aromatic N) is 3. The third-order valence-electron chi connectivity index (χ3n) is 4.52. The predicted molar refractivity (Wildman–Crippen MR) is 74.4 cm³/mol. The van der Waals surface area contributed by atoms with Gasteiger partial charge in [-0.2, -0.15) is 5.10 Å². The van der Waals surface area contributed by atoms with Gasteiger partial charge in [0.2, 0.25) is 0 Å². The molecule has 1 fully saturated rings. The van der Waals surface area contributed by atoms with Crippen LogP contribution in [0.5, 0.6) is 5.75 Å². The fourth-order valence-corrected chi connectivity index (χ4v) is 3.17. The SMILES string of the molecule is CCOC(=O)c1cnn2cc3c(nc12)CC1(CCC1)CO3. The minimum Gasteiger partial charge on any atom is -0.489 e. The van der Waals surface area contributed by atoms with Crippen molar-refractivity contribution in [1.29, 1.82) is 0 Å². The van der Waals surface area contributed by atoms with Gasteiger partial charge in [0.15, 0.2) is 11.4 Å². The van der Waals surface area contributed by atoms with Gasteiger partial charge in [-0.15, -0.1) is 0 Å². The molecular formula is C15H17N3O3. The van der Waals surface area contributed by atoms with Gasteiger partial charge >= 0.3 is 5.97 Å². The first-order chi connectivity index (χ1) is 10.2. The van der Waals surface area contributed by atoms with E-state index in [4.69, 9.17) is 9.47 Å². The fourth-order valence-electron chi connectivity index (χ4n) is 3.17. The monoisotopic (exact) mass is 287 g/mol. The summed E-state index contributed by atoms with van der Waals surface area (Å²) in [6.07, 6.45) is 7.90. The summed E-state index contributed by atoms with van der Waals surface area (Å²) in [5.74, 6) is 0.397. The minimum atomic E-state index is -0.380. The zero-order valence-electron chi connectivity index (χ0n) is 12.0. The fraction of sp³-hybridized carbons (Fsp3) is 0.533. The van der Waals surface area contributed by atoms with Gasteiger partial charge in [-0.05, 0) is 19.8 Å². The number of carbonyl (C=O) groups is 1. The minimum absolute atomic E-state index is 0.266. The number of hydrogen-bond acceptors (Lipinski definition) is 5. The van der Waals surface area contributed by atoms with E-state index < -0.39 is 0 Å². The summed E-state index contributed by atoms with van der Waals surface area (Å²) in [5, 5.41) is 4.17.